The first-order chi connectivity index (χ1) is 21.6. The molecule has 1 atom stereocenters. The summed E-state index contributed by atoms with van der Waals surface area (Å²) in [5, 5.41) is 15.2. The monoisotopic (exact) mass is 635 g/mol. The maximum absolute atomic E-state index is 14.6. The van der Waals surface area contributed by atoms with Crippen LogP contribution in [0.5, 0.6) is 11.5 Å². The second kappa shape index (κ2) is 12.3. The molecule has 0 radical (unpaired) electrons. The van der Waals surface area contributed by atoms with Gasteiger partial charge in [-0.3, -0.25) is 9.59 Å². The fraction of sp³-hybridized carbons (Fsp3) is 0.394. The molecule has 2 saturated carbocycles. The van der Waals surface area contributed by atoms with E-state index in [0.29, 0.717) is 46.8 Å². The van der Waals surface area contributed by atoms with Gasteiger partial charge in [-0.2, -0.15) is 0 Å². The van der Waals surface area contributed by atoms with E-state index in [1.165, 1.54) is 19.2 Å². The third-order valence-corrected chi connectivity index (χ3v) is 8.96. The number of nitrogens with zero attached hydrogens (tertiary/aromatic N) is 3. The fourth-order valence-electron chi connectivity index (χ4n) is 5.85. The minimum absolute atomic E-state index is 0.0619. The predicted octanol–water partition coefficient (Wildman–Crippen LogP) is 4.92. The lowest BCUT2D eigenvalue weighted by molar-refractivity contribution is -0.117. The second-order valence-corrected chi connectivity index (χ2v) is 12.2. The van der Waals surface area contributed by atoms with E-state index in [1.54, 1.807) is 35.7 Å². The Morgan fingerprint density at radius 3 is 2.58 bits per heavy atom. The van der Waals surface area contributed by atoms with E-state index in [-0.39, 0.29) is 47.7 Å². The summed E-state index contributed by atoms with van der Waals surface area (Å²) in [6.07, 6.45) is 7.91. The van der Waals surface area contributed by atoms with E-state index in [0.717, 1.165) is 25.0 Å². The number of amides is 2. The quantitative estimate of drug-likeness (QED) is 0.201. The molecule has 3 heterocycles. The van der Waals surface area contributed by atoms with Gasteiger partial charge in [-0.15, -0.1) is 0 Å². The van der Waals surface area contributed by atoms with E-state index in [9.17, 15) is 19.1 Å². The molecule has 0 spiro atoms. The molecule has 2 aliphatic rings. The van der Waals surface area contributed by atoms with Crippen molar-refractivity contribution in [1.29, 1.82) is 0 Å². The predicted molar refractivity (Wildman–Crippen MR) is 166 cm³/mol. The Bertz CT molecular complexity index is 1790. The number of aromatic nitrogens is 3. The number of carbonyl (C=O) groups excluding carboxylic acids is 2. The Morgan fingerprint density at radius 2 is 1.96 bits per heavy atom. The van der Waals surface area contributed by atoms with Crippen molar-refractivity contribution in [2.45, 2.75) is 57.0 Å². The van der Waals surface area contributed by atoms with Crippen molar-refractivity contribution >= 4 is 29.1 Å². The lowest BCUT2D eigenvalue weighted by Crippen LogP contribution is -2.49. The van der Waals surface area contributed by atoms with Crippen molar-refractivity contribution in [3.63, 3.8) is 0 Å². The number of rotatable bonds is 12. The van der Waals surface area contributed by atoms with Gasteiger partial charge < -0.3 is 30.0 Å². The summed E-state index contributed by atoms with van der Waals surface area (Å²) in [5.74, 6) is -0.767. The number of primary amides is 1. The first-order valence-electron chi connectivity index (χ1n) is 15.1. The van der Waals surface area contributed by atoms with Gasteiger partial charge in [-0.05, 0) is 62.8 Å². The summed E-state index contributed by atoms with van der Waals surface area (Å²) in [6.45, 7) is 1.85. The minimum atomic E-state index is -1.62. The van der Waals surface area contributed by atoms with Crippen LogP contribution >= 0.6 is 11.6 Å². The molecule has 4 N–H and O–H groups in total. The Morgan fingerprint density at radius 1 is 1.18 bits per heavy atom. The highest BCUT2D eigenvalue weighted by molar-refractivity contribution is 6.30. The van der Waals surface area contributed by atoms with Crippen LogP contribution in [0.15, 0.2) is 42.7 Å². The van der Waals surface area contributed by atoms with Crippen LogP contribution in [0.3, 0.4) is 0 Å². The number of benzene rings is 1. The van der Waals surface area contributed by atoms with E-state index in [4.69, 9.17) is 31.8 Å². The summed E-state index contributed by atoms with van der Waals surface area (Å²) in [5.41, 5.74) is 7.10. The SMILES string of the molecule is CCOc1c(CC(N)=O)cc([C@@](O)(CNC(=O)c2cc(OC)c3nc(C4CC4)cn3c2)C2CCC2)nc1-c1ccc(Cl)c(F)c1. The number of nitrogens with one attached hydrogen (secondary N) is 1. The first-order valence-corrected chi connectivity index (χ1v) is 15.5. The Labute approximate surface area is 264 Å². The number of pyridine rings is 2. The Hall–Kier alpha value is -4.22. The largest absolute Gasteiger partial charge is 0.493 e. The normalized spacial score (nSPS) is 16.2. The van der Waals surface area contributed by atoms with Crippen LogP contribution in [0.4, 0.5) is 4.39 Å². The molecule has 6 rings (SSSR count). The Kier molecular flexibility index (Phi) is 8.41. The number of halogens is 2. The molecular weight excluding hydrogens is 601 g/mol. The molecule has 45 heavy (non-hydrogen) atoms. The van der Waals surface area contributed by atoms with Gasteiger partial charge in [0, 0.05) is 29.4 Å². The van der Waals surface area contributed by atoms with E-state index >= 15 is 0 Å². The highest BCUT2D eigenvalue weighted by Crippen LogP contribution is 2.45. The highest BCUT2D eigenvalue weighted by atomic mass is 35.5. The fourth-order valence-corrected chi connectivity index (χ4v) is 5.97. The summed E-state index contributed by atoms with van der Waals surface area (Å²) in [7, 11) is 1.53. The van der Waals surface area contributed by atoms with Crippen LogP contribution in [0.2, 0.25) is 5.02 Å². The van der Waals surface area contributed by atoms with Gasteiger partial charge in [0.15, 0.2) is 11.4 Å². The number of aliphatic hydroxyl groups is 1. The zero-order chi connectivity index (χ0) is 31.9. The molecule has 2 amide bonds. The third-order valence-electron chi connectivity index (χ3n) is 8.65. The maximum atomic E-state index is 14.6. The van der Waals surface area contributed by atoms with Crippen LogP contribution < -0.4 is 20.5 Å². The first kappa shape index (κ1) is 30.8. The van der Waals surface area contributed by atoms with Gasteiger partial charge in [0.05, 0.1) is 48.7 Å². The van der Waals surface area contributed by atoms with Crippen molar-refractivity contribution in [2.75, 3.05) is 20.3 Å². The van der Waals surface area contributed by atoms with Gasteiger partial charge in [0.2, 0.25) is 5.91 Å². The van der Waals surface area contributed by atoms with E-state index in [1.807, 2.05) is 6.20 Å². The van der Waals surface area contributed by atoms with Crippen molar-refractivity contribution in [3.8, 4) is 22.8 Å². The lowest BCUT2D eigenvalue weighted by atomic mass is 9.70. The molecule has 0 unspecified atom stereocenters. The molecule has 0 aliphatic heterocycles. The Balaban J connectivity index is 1.38. The molecule has 236 valence electrons. The van der Waals surface area contributed by atoms with Crippen LogP contribution in [0.1, 0.15) is 72.3 Å². The molecule has 2 fully saturated rings. The number of fused-ring (bicyclic) bond motifs is 1. The van der Waals surface area contributed by atoms with Gasteiger partial charge in [0.25, 0.3) is 5.91 Å². The minimum Gasteiger partial charge on any atom is -0.493 e. The van der Waals surface area contributed by atoms with Gasteiger partial charge >= 0.3 is 0 Å². The average Bonchev–Trinajstić information content (AvgIpc) is 3.74. The van der Waals surface area contributed by atoms with Gasteiger partial charge in [0.1, 0.15) is 22.9 Å². The van der Waals surface area contributed by atoms with E-state index < -0.39 is 23.2 Å². The molecule has 0 bridgehead atoms. The van der Waals surface area contributed by atoms with Crippen LogP contribution in [0, 0.1) is 11.7 Å². The molecule has 12 heteroatoms. The van der Waals surface area contributed by atoms with Crippen LogP contribution in [-0.2, 0) is 16.8 Å². The highest BCUT2D eigenvalue weighted by Gasteiger charge is 2.44. The summed E-state index contributed by atoms with van der Waals surface area (Å²) < 4.78 is 27.8. The number of hydrogen-bond acceptors (Lipinski definition) is 7. The topological polar surface area (TPSA) is 141 Å². The number of ether oxygens (including phenoxy) is 2. The van der Waals surface area contributed by atoms with Crippen molar-refractivity contribution in [3.05, 3.63) is 76.1 Å². The van der Waals surface area contributed by atoms with E-state index in [2.05, 4.69) is 10.3 Å². The number of hydrogen-bond donors (Lipinski definition) is 3. The molecular formula is C33H35ClFN5O5. The third kappa shape index (κ3) is 6.06. The second-order valence-electron chi connectivity index (χ2n) is 11.8. The van der Waals surface area contributed by atoms with Gasteiger partial charge in [-0.25, -0.2) is 14.4 Å². The van der Waals surface area contributed by atoms with Crippen molar-refractivity contribution in [1.82, 2.24) is 19.7 Å². The molecule has 4 aromatic rings. The molecule has 10 nitrogen and oxygen atoms in total. The number of nitrogens with two attached hydrogens (primary N) is 1. The van der Waals surface area contributed by atoms with Crippen molar-refractivity contribution < 1.29 is 28.6 Å². The summed E-state index contributed by atoms with van der Waals surface area (Å²) >= 11 is 5.95. The smallest absolute Gasteiger partial charge is 0.253 e. The zero-order valence-corrected chi connectivity index (χ0v) is 25.9. The number of methoxy groups -OCH3 is 1. The zero-order valence-electron chi connectivity index (χ0n) is 25.1. The number of imidazole rings is 1. The summed E-state index contributed by atoms with van der Waals surface area (Å²) in [6, 6.07) is 7.44. The summed E-state index contributed by atoms with van der Waals surface area (Å²) in [4.78, 5) is 35.2. The van der Waals surface area contributed by atoms with Gasteiger partial charge in [-0.1, -0.05) is 24.1 Å². The average molecular weight is 636 g/mol. The van der Waals surface area contributed by atoms with Crippen LogP contribution in [-0.4, -0.2) is 51.6 Å². The standard InChI is InChI=1S/C33H35ClFN5O5/c1-3-45-30-20(14-28(36)41)13-27(39-29(30)19-9-10-23(34)24(35)11-19)33(43,22-5-4-6-22)17-37-32(42)21-12-26(44-2)31-38-25(18-7-8-18)16-40(31)15-21/h9-13,15-16,18,22,43H,3-8,14,17H2,1-2H3,(H2,36,41)(H,37,42)/t33-/m1/s1. The molecule has 1 aromatic carbocycles. The van der Waals surface area contributed by atoms with Crippen LogP contribution in [0.25, 0.3) is 16.9 Å². The lowest BCUT2D eigenvalue weighted by Gasteiger charge is -2.41. The number of carbonyl (C=O) groups is 2. The van der Waals surface area contributed by atoms with Crippen molar-refractivity contribution in [2.24, 2.45) is 11.7 Å². The molecule has 0 saturated heterocycles. The maximum Gasteiger partial charge on any atom is 0.253 e. The molecule has 3 aromatic heterocycles. The molecule has 2 aliphatic carbocycles.